The molecule has 0 fully saturated rings. The molecule has 0 aliphatic rings. The van der Waals surface area contributed by atoms with Gasteiger partial charge in [-0.25, -0.2) is 13.1 Å². The Labute approximate surface area is 146 Å². The van der Waals surface area contributed by atoms with Gasteiger partial charge in [0.05, 0.1) is 18.6 Å². The van der Waals surface area contributed by atoms with Crippen molar-refractivity contribution < 1.29 is 17.9 Å². The van der Waals surface area contributed by atoms with E-state index in [1.165, 1.54) is 0 Å². The number of nitrogens with one attached hydrogen (secondary N) is 2. The number of sulfonamides is 1. The minimum atomic E-state index is -3.25. The van der Waals surface area contributed by atoms with E-state index in [0.717, 1.165) is 11.8 Å². The van der Waals surface area contributed by atoms with Gasteiger partial charge >= 0.3 is 0 Å². The van der Waals surface area contributed by atoms with Crippen LogP contribution < -0.4 is 14.8 Å². The molecule has 0 saturated heterocycles. The molecule has 25 heavy (non-hydrogen) atoms. The van der Waals surface area contributed by atoms with E-state index in [-0.39, 0.29) is 19.0 Å². The molecule has 2 aromatic rings. The predicted molar refractivity (Wildman–Crippen MR) is 93.8 cm³/mol. The first-order valence-corrected chi connectivity index (χ1v) is 9.58. The number of nitrogens with zero attached hydrogens (tertiary/aromatic N) is 2. The second kappa shape index (κ2) is 8.54. The number of carbonyl (C=O) groups excluding carboxylic acids is 1. The van der Waals surface area contributed by atoms with Gasteiger partial charge in [0.1, 0.15) is 0 Å². The van der Waals surface area contributed by atoms with Crippen LogP contribution in [0.1, 0.15) is 17.3 Å². The summed E-state index contributed by atoms with van der Waals surface area (Å²) < 4.78 is 29.4. The third-order valence-electron chi connectivity index (χ3n) is 3.15. The van der Waals surface area contributed by atoms with Crippen molar-refractivity contribution in [2.24, 2.45) is 0 Å². The minimum absolute atomic E-state index is 0.143. The highest BCUT2D eigenvalue weighted by molar-refractivity contribution is 7.88. The molecule has 0 atom stereocenters. The first-order chi connectivity index (χ1) is 11.9. The van der Waals surface area contributed by atoms with Crippen LogP contribution in [-0.2, 0) is 10.0 Å². The lowest BCUT2D eigenvalue weighted by Gasteiger charge is -2.07. The van der Waals surface area contributed by atoms with Gasteiger partial charge < -0.3 is 10.1 Å². The molecule has 1 aromatic heterocycles. The number of aromatic nitrogens is 2. The highest BCUT2D eigenvalue weighted by Crippen LogP contribution is 2.18. The molecular formula is C16H20N4O4S. The van der Waals surface area contributed by atoms with Crippen molar-refractivity contribution in [1.29, 1.82) is 0 Å². The van der Waals surface area contributed by atoms with Gasteiger partial charge in [-0.05, 0) is 25.1 Å². The summed E-state index contributed by atoms with van der Waals surface area (Å²) in [5.74, 6) is 0.185. The van der Waals surface area contributed by atoms with E-state index >= 15 is 0 Å². The topological polar surface area (TPSA) is 110 Å². The van der Waals surface area contributed by atoms with Crippen molar-refractivity contribution in [3.63, 3.8) is 0 Å². The van der Waals surface area contributed by atoms with Gasteiger partial charge in [-0.1, -0.05) is 12.1 Å². The smallest absolute Gasteiger partial charge is 0.251 e. The van der Waals surface area contributed by atoms with E-state index in [9.17, 15) is 13.2 Å². The van der Waals surface area contributed by atoms with Crippen LogP contribution in [0.4, 0.5) is 0 Å². The summed E-state index contributed by atoms with van der Waals surface area (Å²) in [4.78, 5) is 12.0. The summed E-state index contributed by atoms with van der Waals surface area (Å²) in [5.41, 5.74) is 1.97. The lowest BCUT2D eigenvalue weighted by molar-refractivity contribution is 0.0954. The third kappa shape index (κ3) is 6.12. The largest absolute Gasteiger partial charge is 0.477 e. The molecule has 1 amide bonds. The standard InChI is InChI=1S/C16H20N4O4S/c1-3-24-15-9-8-14(19-20-15)12-4-6-13(7-5-12)16(21)17-10-11-18-25(2,22)23/h4-9,18H,3,10-11H2,1-2H3,(H,17,21). The Hall–Kier alpha value is -2.52. The van der Waals surface area contributed by atoms with Crippen molar-refractivity contribution in [2.45, 2.75) is 6.92 Å². The van der Waals surface area contributed by atoms with Crippen molar-refractivity contribution in [1.82, 2.24) is 20.2 Å². The number of carbonyl (C=O) groups is 1. The molecule has 0 bridgehead atoms. The quantitative estimate of drug-likeness (QED) is 0.671. The monoisotopic (exact) mass is 364 g/mol. The van der Waals surface area contributed by atoms with Gasteiger partial charge in [-0.3, -0.25) is 4.79 Å². The van der Waals surface area contributed by atoms with Crippen molar-refractivity contribution in [3.8, 4) is 17.1 Å². The highest BCUT2D eigenvalue weighted by atomic mass is 32.2. The molecule has 0 unspecified atom stereocenters. The predicted octanol–water partition coefficient (Wildman–Crippen LogP) is 0.821. The zero-order valence-corrected chi connectivity index (χ0v) is 14.8. The summed E-state index contributed by atoms with van der Waals surface area (Å²) in [7, 11) is -3.25. The van der Waals surface area contributed by atoms with Crippen molar-refractivity contribution in [2.75, 3.05) is 26.0 Å². The van der Waals surface area contributed by atoms with Gasteiger partial charge in [-0.15, -0.1) is 10.2 Å². The molecular weight excluding hydrogens is 344 g/mol. The Kier molecular flexibility index (Phi) is 6.43. The Morgan fingerprint density at radius 1 is 1.08 bits per heavy atom. The van der Waals surface area contributed by atoms with Gasteiger partial charge in [0.15, 0.2) is 0 Å². The van der Waals surface area contributed by atoms with Crippen LogP contribution in [0.2, 0.25) is 0 Å². The fourth-order valence-corrected chi connectivity index (χ4v) is 2.48. The lowest BCUT2D eigenvalue weighted by Crippen LogP contribution is -2.34. The Bertz CT molecular complexity index is 805. The maximum Gasteiger partial charge on any atom is 0.251 e. The second-order valence-corrected chi connectivity index (χ2v) is 7.02. The number of benzene rings is 1. The third-order valence-corrected chi connectivity index (χ3v) is 3.88. The molecule has 0 radical (unpaired) electrons. The lowest BCUT2D eigenvalue weighted by atomic mass is 10.1. The summed E-state index contributed by atoms with van der Waals surface area (Å²) in [6, 6.07) is 10.4. The van der Waals surface area contributed by atoms with E-state index in [1.807, 2.05) is 6.92 Å². The van der Waals surface area contributed by atoms with Crippen LogP contribution in [0.3, 0.4) is 0 Å². The molecule has 0 saturated carbocycles. The number of amides is 1. The Morgan fingerprint density at radius 3 is 2.36 bits per heavy atom. The van der Waals surface area contributed by atoms with E-state index < -0.39 is 10.0 Å². The molecule has 2 rings (SSSR count). The van der Waals surface area contributed by atoms with E-state index in [0.29, 0.717) is 23.7 Å². The fraction of sp³-hybridized carbons (Fsp3) is 0.312. The van der Waals surface area contributed by atoms with Crippen molar-refractivity contribution >= 4 is 15.9 Å². The van der Waals surface area contributed by atoms with Gasteiger partial charge in [0, 0.05) is 30.3 Å². The molecule has 1 heterocycles. The zero-order valence-electron chi connectivity index (χ0n) is 14.0. The number of hydrogen-bond acceptors (Lipinski definition) is 6. The first kappa shape index (κ1) is 18.8. The summed E-state index contributed by atoms with van der Waals surface area (Å²) in [6.45, 7) is 2.75. The molecule has 0 aliphatic heterocycles. The summed E-state index contributed by atoms with van der Waals surface area (Å²) in [6.07, 6.45) is 1.07. The molecule has 0 spiro atoms. The average molecular weight is 364 g/mol. The highest BCUT2D eigenvalue weighted by Gasteiger charge is 2.07. The Morgan fingerprint density at radius 2 is 1.80 bits per heavy atom. The van der Waals surface area contributed by atoms with Crippen LogP contribution in [0.15, 0.2) is 36.4 Å². The zero-order chi connectivity index (χ0) is 18.3. The van der Waals surface area contributed by atoms with Crippen LogP contribution in [-0.4, -0.2) is 50.5 Å². The van der Waals surface area contributed by atoms with E-state index in [4.69, 9.17) is 4.74 Å². The van der Waals surface area contributed by atoms with E-state index in [2.05, 4.69) is 20.2 Å². The second-order valence-electron chi connectivity index (χ2n) is 5.19. The fourth-order valence-electron chi connectivity index (χ4n) is 2.01. The molecule has 2 N–H and O–H groups in total. The van der Waals surface area contributed by atoms with Crippen LogP contribution >= 0.6 is 0 Å². The average Bonchev–Trinajstić information content (AvgIpc) is 2.59. The van der Waals surface area contributed by atoms with Crippen LogP contribution in [0.5, 0.6) is 5.88 Å². The van der Waals surface area contributed by atoms with Crippen LogP contribution in [0, 0.1) is 0 Å². The maximum absolute atomic E-state index is 12.0. The van der Waals surface area contributed by atoms with Gasteiger partial charge in [-0.2, -0.15) is 0 Å². The normalized spacial score (nSPS) is 11.1. The molecule has 9 heteroatoms. The SMILES string of the molecule is CCOc1ccc(-c2ccc(C(=O)NCCNS(C)(=O)=O)cc2)nn1. The maximum atomic E-state index is 12.0. The first-order valence-electron chi connectivity index (χ1n) is 7.69. The van der Waals surface area contributed by atoms with Gasteiger partial charge in [0.25, 0.3) is 5.91 Å². The van der Waals surface area contributed by atoms with Crippen LogP contribution in [0.25, 0.3) is 11.3 Å². The molecule has 134 valence electrons. The Balaban J connectivity index is 1.93. The molecule has 8 nitrogen and oxygen atoms in total. The molecule has 0 aliphatic carbocycles. The van der Waals surface area contributed by atoms with Gasteiger partial charge in [0.2, 0.25) is 15.9 Å². The van der Waals surface area contributed by atoms with Crippen molar-refractivity contribution in [3.05, 3.63) is 42.0 Å². The number of ether oxygens (including phenoxy) is 1. The minimum Gasteiger partial charge on any atom is -0.477 e. The molecule has 1 aromatic carbocycles. The number of rotatable bonds is 8. The van der Waals surface area contributed by atoms with E-state index in [1.54, 1.807) is 36.4 Å². The summed E-state index contributed by atoms with van der Waals surface area (Å²) >= 11 is 0. The summed E-state index contributed by atoms with van der Waals surface area (Å²) in [5, 5.41) is 10.7. The number of hydrogen-bond donors (Lipinski definition) is 2.